The molecule has 2 aromatic carbocycles. The van der Waals surface area contributed by atoms with Crippen molar-refractivity contribution < 1.29 is 18.7 Å². The summed E-state index contributed by atoms with van der Waals surface area (Å²) in [5, 5.41) is 4.72. The number of amides is 1. The van der Waals surface area contributed by atoms with Gasteiger partial charge in [-0.15, -0.1) is 11.3 Å². The Hall–Kier alpha value is -3.85. The van der Waals surface area contributed by atoms with Crippen LogP contribution < -0.4 is 10.9 Å². The molecule has 0 saturated heterocycles. The zero-order chi connectivity index (χ0) is 24.2. The van der Waals surface area contributed by atoms with Crippen LogP contribution in [0.3, 0.4) is 0 Å². The minimum absolute atomic E-state index is 0.177. The van der Waals surface area contributed by atoms with Gasteiger partial charge < -0.3 is 14.6 Å². The summed E-state index contributed by atoms with van der Waals surface area (Å²) in [5.74, 6) is -1.55. The molecule has 7 nitrogen and oxygen atoms in total. The number of carbonyl (C=O) groups is 2. The lowest BCUT2D eigenvalue weighted by Crippen LogP contribution is -2.32. The Morgan fingerprint density at radius 2 is 1.94 bits per heavy atom. The number of nitrogens with zero attached hydrogens (tertiary/aromatic N) is 2. The number of rotatable bonds is 7. The van der Waals surface area contributed by atoms with Gasteiger partial charge in [0, 0.05) is 11.4 Å². The standard InChI is InChI=1S/C25H22FN3O4S/c1-3-29-20-11-8-17(13-19(20)27-15(2)24(29)31)25(32)33-14-22(30)28-23(21-5-4-12-34-21)16-6-9-18(26)10-7-16/h4-13,23H,3,14H2,1-2H3,(H,28,30). The maximum absolute atomic E-state index is 13.3. The van der Waals surface area contributed by atoms with E-state index in [1.54, 1.807) is 35.8 Å². The number of hydrogen-bond acceptors (Lipinski definition) is 6. The van der Waals surface area contributed by atoms with Crippen molar-refractivity contribution in [3.8, 4) is 0 Å². The number of halogens is 1. The quantitative estimate of drug-likeness (QED) is 0.405. The number of carbonyl (C=O) groups excluding carboxylic acids is 2. The van der Waals surface area contributed by atoms with Crippen LogP contribution in [0.25, 0.3) is 11.0 Å². The molecule has 0 saturated carbocycles. The van der Waals surface area contributed by atoms with Crippen LogP contribution in [0.1, 0.15) is 39.5 Å². The first-order valence-electron chi connectivity index (χ1n) is 10.6. The van der Waals surface area contributed by atoms with Crippen LogP contribution in [0.4, 0.5) is 4.39 Å². The Balaban J connectivity index is 1.47. The molecule has 1 N–H and O–H groups in total. The van der Waals surface area contributed by atoms with E-state index in [9.17, 15) is 18.8 Å². The fourth-order valence-corrected chi connectivity index (χ4v) is 4.46. The first kappa shape index (κ1) is 23.3. The number of aromatic nitrogens is 2. The summed E-state index contributed by atoms with van der Waals surface area (Å²) in [5.41, 5.74) is 2.20. The summed E-state index contributed by atoms with van der Waals surface area (Å²) in [6.07, 6.45) is 0. The highest BCUT2D eigenvalue weighted by molar-refractivity contribution is 7.10. The highest BCUT2D eigenvalue weighted by atomic mass is 32.1. The predicted octanol–water partition coefficient (Wildman–Crippen LogP) is 3.99. The van der Waals surface area contributed by atoms with E-state index in [1.807, 2.05) is 24.4 Å². The summed E-state index contributed by atoms with van der Waals surface area (Å²) in [6.45, 7) is 3.47. The van der Waals surface area contributed by atoms with Gasteiger partial charge in [0.1, 0.15) is 11.5 Å². The number of nitrogens with one attached hydrogen (secondary N) is 1. The first-order valence-corrected chi connectivity index (χ1v) is 11.5. The Morgan fingerprint density at radius 3 is 2.62 bits per heavy atom. The number of benzene rings is 2. The van der Waals surface area contributed by atoms with Gasteiger partial charge in [-0.3, -0.25) is 9.59 Å². The third kappa shape index (κ3) is 4.89. The Kier molecular flexibility index (Phi) is 6.83. The zero-order valence-corrected chi connectivity index (χ0v) is 19.4. The van der Waals surface area contributed by atoms with Crippen LogP contribution in [-0.2, 0) is 16.1 Å². The molecule has 9 heteroatoms. The normalized spacial score (nSPS) is 11.9. The summed E-state index contributed by atoms with van der Waals surface area (Å²) in [6, 6.07) is 13.8. The van der Waals surface area contributed by atoms with Crippen molar-refractivity contribution >= 4 is 34.2 Å². The van der Waals surface area contributed by atoms with Crippen LogP contribution in [0.5, 0.6) is 0 Å². The molecule has 0 fully saturated rings. The summed E-state index contributed by atoms with van der Waals surface area (Å²) >= 11 is 1.45. The number of aryl methyl sites for hydroxylation is 2. The van der Waals surface area contributed by atoms with E-state index in [0.29, 0.717) is 28.8 Å². The van der Waals surface area contributed by atoms with Crippen LogP contribution >= 0.6 is 11.3 Å². The van der Waals surface area contributed by atoms with Crippen molar-refractivity contribution in [3.05, 3.63) is 97.8 Å². The minimum atomic E-state index is -0.680. The third-order valence-electron chi connectivity index (χ3n) is 5.33. The lowest BCUT2D eigenvalue weighted by atomic mass is 10.1. The van der Waals surface area contributed by atoms with Crippen molar-refractivity contribution in [2.45, 2.75) is 26.4 Å². The average Bonchev–Trinajstić information content (AvgIpc) is 3.37. The highest BCUT2D eigenvalue weighted by Crippen LogP contribution is 2.26. The first-order chi connectivity index (χ1) is 16.4. The van der Waals surface area contributed by atoms with Crippen LogP contribution in [0.2, 0.25) is 0 Å². The van der Waals surface area contributed by atoms with Gasteiger partial charge in [0.15, 0.2) is 6.61 Å². The molecule has 0 aliphatic carbocycles. The maximum atomic E-state index is 13.3. The van der Waals surface area contributed by atoms with Crippen molar-refractivity contribution in [2.75, 3.05) is 6.61 Å². The highest BCUT2D eigenvalue weighted by Gasteiger charge is 2.20. The molecule has 4 aromatic rings. The van der Waals surface area contributed by atoms with E-state index in [-0.39, 0.29) is 16.9 Å². The smallest absolute Gasteiger partial charge is 0.338 e. The van der Waals surface area contributed by atoms with Gasteiger partial charge in [-0.05, 0) is 61.2 Å². The van der Waals surface area contributed by atoms with Gasteiger partial charge in [0.05, 0.1) is 22.6 Å². The molecule has 1 atom stereocenters. The molecule has 2 heterocycles. The van der Waals surface area contributed by atoms with E-state index >= 15 is 0 Å². The van der Waals surface area contributed by atoms with E-state index in [2.05, 4.69) is 10.3 Å². The third-order valence-corrected chi connectivity index (χ3v) is 6.27. The number of esters is 1. The predicted molar refractivity (Wildman–Crippen MR) is 127 cm³/mol. The van der Waals surface area contributed by atoms with Gasteiger partial charge in [-0.25, -0.2) is 14.2 Å². The number of thiophene rings is 1. The van der Waals surface area contributed by atoms with Crippen molar-refractivity contribution in [3.63, 3.8) is 0 Å². The van der Waals surface area contributed by atoms with Gasteiger partial charge in [0.25, 0.3) is 11.5 Å². The fraction of sp³-hybridized carbons (Fsp3) is 0.200. The monoisotopic (exact) mass is 479 g/mol. The molecule has 1 unspecified atom stereocenters. The van der Waals surface area contributed by atoms with Crippen LogP contribution in [0.15, 0.2) is 64.8 Å². The summed E-state index contributed by atoms with van der Waals surface area (Å²) in [7, 11) is 0. The van der Waals surface area contributed by atoms with E-state index in [1.165, 1.54) is 29.5 Å². The molecule has 0 aliphatic rings. The molecule has 2 aromatic heterocycles. The van der Waals surface area contributed by atoms with Gasteiger partial charge in [-0.2, -0.15) is 0 Å². The number of hydrogen-bond donors (Lipinski definition) is 1. The van der Waals surface area contributed by atoms with Gasteiger partial charge >= 0.3 is 5.97 Å². The molecule has 0 bridgehead atoms. The average molecular weight is 480 g/mol. The van der Waals surface area contributed by atoms with E-state index in [0.717, 1.165) is 4.88 Å². The van der Waals surface area contributed by atoms with Crippen LogP contribution in [-0.4, -0.2) is 28.0 Å². The second kappa shape index (κ2) is 9.96. The van der Waals surface area contributed by atoms with E-state index < -0.39 is 24.5 Å². The molecule has 0 radical (unpaired) electrons. The van der Waals surface area contributed by atoms with Crippen molar-refractivity contribution in [2.24, 2.45) is 0 Å². The molecular formula is C25H22FN3O4S. The number of ether oxygens (including phenoxy) is 1. The zero-order valence-electron chi connectivity index (χ0n) is 18.6. The number of fused-ring (bicyclic) bond motifs is 1. The van der Waals surface area contributed by atoms with Crippen molar-refractivity contribution in [1.29, 1.82) is 0 Å². The molecule has 174 valence electrons. The maximum Gasteiger partial charge on any atom is 0.338 e. The van der Waals surface area contributed by atoms with Gasteiger partial charge in [-0.1, -0.05) is 18.2 Å². The topological polar surface area (TPSA) is 90.3 Å². The molecule has 34 heavy (non-hydrogen) atoms. The molecule has 4 rings (SSSR count). The van der Waals surface area contributed by atoms with Crippen LogP contribution in [0, 0.1) is 12.7 Å². The lowest BCUT2D eigenvalue weighted by Gasteiger charge is -2.18. The minimum Gasteiger partial charge on any atom is -0.452 e. The molecular weight excluding hydrogens is 457 g/mol. The molecule has 1 amide bonds. The van der Waals surface area contributed by atoms with Crippen molar-refractivity contribution in [1.82, 2.24) is 14.9 Å². The Labute approximate surface area is 198 Å². The Bertz CT molecular complexity index is 1400. The second-order valence-electron chi connectivity index (χ2n) is 7.59. The largest absolute Gasteiger partial charge is 0.452 e. The van der Waals surface area contributed by atoms with Gasteiger partial charge in [0.2, 0.25) is 0 Å². The fourth-order valence-electron chi connectivity index (χ4n) is 3.66. The molecule has 0 aliphatic heterocycles. The lowest BCUT2D eigenvalue weighted by molar-refractivity contribution is -0.124. The SMILES string of the molecule is CCn1c(=O)c(C)nc2cc(C(=O)OCC(=O)NC(c3ccc(F)cc3)c3cccs3)ccc21. The second-order valence-corrected chi connectivity index (χ2v) is 8.57. The summed E-state index contributed by atoms with van der Waals surface area (Å²) in [4.78, 5) is 42.6. The molecule has 0 spiro atoms. The summed E-state index contributed by atoms with van der Waals surface area (Å²) < 4.78 is 20.1. The Morgan fingerprint density at radius 1 is 1.18 bits per heavy atom. The van der Waals surface area contributed by atoms with E-state index in [4.69, 9.17) is 4.74 Å².